The van der Waals surface area contributed by atoms with Crippen molar-refractivity contribution in [3.05, 3.63) is 58.8 Å². The van der Waals surface area contributed by atoms with Crippen LogP contribution < -0.4 is 4.18 Å². The van der Waals surface area contributed by atoms with Gasteiger partial charge in [-0.05, 0) is 40.8 Å². The molecule has 3 rings (SSSR count). The van der Waals surface area contributed by atoms with Crippen LogP contribution in [0, 0.1) is 0 Å². The van der Waals surface area contributed by atoms with E-state index in [1.54, 1.807) is 12.1 Å². The lowest BCUT2D eigenvalue weighted by Crippen LogP contribution is -2.10. The molecule has 3 aromatic rings. The summed E-state index contributed by atoms with van der Waals surface area (Å²) >= 11 is 11.6. The monoisotopic (exact) mass is 370 g/mol. The fourth-order valence-corrected chi connectivity index (χ4v) is 3.08. The van der Waals surface area contributed by atoms with Crippen LogP contribution in [0.3, 0.4) is 0 Å². The van der Waals surface area contributed by atoms with Crippen molar-refractivity contribution in [2.45, 2.75) is 4.90 Å². The van der Waals surface area contributed by atoms with E-state index in [9.17, 15) is 8.42 Å². The van der Waals surface area contributed by atoms with Crippen molar-refractivity contribution in [2.75, 3.05) is 0 Å². The second-order valence-corrected chi connectivity index (χ2v) is 6.73. The highest BCUT2D eigenvalue weighted by atomic mass is 35.5. The molecule has 0 atom stereocenters. The van der Waals surface area contributed by atoms with E-state index in [-0.39, 0.29) is 20.7 Å². The van der Waals surface area contributed by atoms with Gasteiger partial charge in [0.2, 0.25) is 0 Å². The highest BCUT2D eigenvalue weighted by Gasteiger charge is 2.18. The van der Waals surface area contributed by atoms with Gasteiger partial charge in [-0.25, -0.2) is 4.68 Å². The van der Waals surface area contributed by atoms with E-state index in [1.807, 2.05) is 0 Å². The molecular formula is C13H8Cl2N4O3S. The van der Waals surface area contributed by atoms with Gasteiger partial charge in [0.25, 0.3) is 0 Å². The largest absolute Gasteiger partial charge is 0.379 e. The Bertz CT molecular complexity index is 946. The summed E-state index contributed by atoms with van der Waals surface area (Å²) in [5.41, 5.74) is 0.553. The number of aromatic nitrogens is 4. The topological polar surface area (TPSA) is 87.0 Å². The third-order valence-corrected chi connectivity index (χ3v) is 4.80. The van der Waals surface area contributed by atoms with Crippen molar-refractivity contribution >= 4 is 33.3 Å². The highest BCUT2D eigenvalue weighted by Crippen LogP contribution is 2.27. The Labute approximate surface area is 141 Å². The first-order valence-corrected chi connectivity index (χ1v) is 8.35. The number of hydrogen-bond donors (Lipinski definition) is 0. The molecule has 1 heterocycles. The van der Waals surface area contributed by atoms with Crippen molar-refractivity contribution in [2.24, 2.45) is 0 Å². The Balaban J connectivity index is 1.91. The second kappa shape index (κ2) is 6.15. The summed E-state index contributed by atoms with van der Waals surface area (Å²) in [7, 11) is -4.04. The minimum atomic E-state index is -4.04. The van der Waals surface area contributed by atoms with E-state index < -0.39 is 10.1 Å². The number of rotatable bonds is 4. The first-order valence-electron chi connectivity index (χ1n) is 6.19. The predicted molar refractivity (Wildman–Crippen MR) is 83.4 cm³/mol. The van der Waals surface area contributed by atoms with Gasteiger partial charge in [0.15, 0.2) is 0 Å². The van der Waals surface area contributed by atoms with Crippen LogP contribution in [0.5, 0.6) is 5.75 Å². The molecule has 0 fully saturated rings. The maximum absolute atomic E-state index is 12.3. The molecule has 0 saturated carbocycles. The van der Waals surface area contributed by atoms with Gasteiger partial charge < -0.3 is 4.18 Å². The van der Waals surface area contributed by atoms with Crippen LogP contribution in [-0.2, 0) is 10.1 Å². The molecule has 2 aromatic carbocycles. The van der Waals surface area contributed by atoms with E-state index in [2.05, 4.69) is 15.5 Å². The summed E-state index contributed by atoms with van der Waals surface area (Å²) in [5.74, 6) is 0.115. The maximum atomic E-state index is 12.3. The Morgan fingerprint density at radius 1 is 1.04 bits per heavy atom. The van der Waals surface area contributed by atoms with Crippen LogP contribution in [0.4, 0.5) is 0 Å². The number of tetrazole rings is 1. The van der Waals surface area contributed by atoms with E-state index in [1.165, 1.54) is 41.3 Å². The fourth-order valence-electron chi connectivity index (χ4n) is 1.76. The van der Waals surface area contributed by atoms with E-state index in [4.69, 9.17) is 27.4 Å². The molecule has 0 spiro atoms. The molecule has 0 saturated heterocycles. The first kappa shape index (κ1) is 15.7. The molecular weight excluding hydrogens is 363 g/mol. The Kier molecular flexibility index (Phi) is 4.20. The summed E-state index contributed by atoms with van der Waals surface area (Å²) < 4.78 is 31.1. The van der Waals surface area contributed by atoms with Crippen LogP contribution in [-0.4, -0.2) is 28.6 Å². The minimum absolute atomic E-state index is 0.0975. The maximum Gasteiger partial charge on any atom is 0.339 e. The van der Waals surface area contributed by atoms with E-state index >= 15 is 0 Å². The van der Waals surface area contributed by atoms with Crippen molar-refractivity contribution in [1.29, 1.82) is 0 Å². The van der Waals surface area contributed by atoms with Crippen LogP contribution in [0.2, 0.25) is 10.0 Å². The Morgan fingerprint density at radius 2 is 1.87 bits per heavy atom. The SMILES string of the molecule is O=S(=O)(Oc1cccc(-n2cnnn2)c1)c1ccc(Cl)c(Cl)c1. The van der Waals surface area contributed by atoms with Gasteiger partial charge in [0, 0.05) is 6.07 Å². The lowest BCUT2D eigenvalue weighted by Gasteiger charge is -2.09. The average Bonchev–Trinajstić information content (AvgIpc) is 3.04. The summed E-state index contributed by atoms with van der Waals surface area (Å²) in [6.07, 6.45) is 1.38. The first-order chi connectivity index (χ1) is 11.0. The minimum Gasteiger partial charge on any atom is -0.379 e. The van der Waals surface area contributed by atoms with E-state index in [0.717, 1.165) is 0 Å². The van der Waals surface area contributed by atoms with Gasteiger partial charge in [0.05, 0.1) is 15.7 Å². The molecule has 7 nitrogen and oxygen atoms in total. The summed E-state index contributed by atoms with van der Waals surface area (Å²) in [6.45, 7) is 0. The van der Waals surface area contributed by atoms with Gasteiger partial charge in [-0.1, -0.05) is 29.3 Å². The number of benzene rings is 2. The molecule has 0 N–H and O–H groups in total. The van der Waals surface area contributed by atoms with E-state index in [0.29, 0.717) is 5.69 Å². The zero-order valence-electron chi connectivity index (χ0n) is 11.3. The molecule has 23 heavy (non-hydrogen) atoms. The lowest BCUT2D eigenvalue weighted by molar-refractivity contribution is 0.486. The second-order valence-electron chi connectivity index (χ2n) is 4.37. The molecule has 10 heteroatoms. The van der Waals surface area contributed by atoms with Crippen molar-refractivity contribution in [1.82, 2.24) is 20.2 Å². The molecule has 0 unspecified atom stereocenters. The summed E-state index contributed by atoms with van der Waals surface area (Å²) in [6, 6.07) is 10.2. The van der Waals surface area contributed by atoms with Crippen molar-refractivity contribution in [3.63, 3.8) is 0 Å². The molecule has 0 aliphatic carbocycles. The summed E-state index contributed by atoms with van der Waals surface area (Å²) in [4.78, 5) is -0.0975. The highest BCUT2D eigenvalue weighted by molar-refractivity contribution is 7.87. The zero-order chi connectivity index (χ0) is 16.4. The smallest absolute Gasteiger partial charge is 0.339 e. The van der Waals surface area contributed by atoms with Crippen molar-refractivity contribution < 1.29 is 12.6 Å². The molecule has 118 valence electrons. The average molecular weight is 371 g/mol. The molecule has 0 amide bonds. The van der Waals surface area contributed by atoms with Gasteiger partial charge in [0.1, 0.15) is 17.0 Å². The third kappa shape index (κ3) is 3.44. The number of nitrogens with zero attached hydrogens (tertiary/aromatic N) is 4. The fraction of sp³-hybridized carbons (Fsp3) is 0. The van der Waals surface area contributed by atoms with Crippen LogP contribution in [0.1, 0.15) is 0 Å². The normalized spacial score (nSPS) is 11.4. The standard InChI is InChI=1S/C13H8Cl2N4O3S/c14-12-5-4-11(7-13(12)15)23(20,21)22-10-3-1-2-9(6-10)19-8-16-17-18-19/h1-8H. The zero-order valence-corrected chi connectivity index (χ0v) is 13.6. The van der Waals surface area contributed by atoms with Crippen LogP contribution >= 0.6 is 23.2 Å². The molecule has 0 radical (unpaired) electrons. The van der Waals surface area contributed by atoms with Crippen LogP contribution in [0.15, 0.2) is 53.7 Å². The predicted octanol–water partition coefficient (Wildman–Crippen LogP) is 2.74. The lowest BCUT2D eigenvalue weighted by atomic mass is 10.3. The third-order valence-electron chi connectivity index (χ3n) is 2.82. The van der Waals surface area contributed by atoms with Crippen molar-refractivity contribution in [3.8, 4) is 11.4 Å². The summed E-state index contributed by atoms with van der Waals surface area (Å²) in [5, 5.41) is 11.1. The Hall–Kier alpha value is -2.16. The van der Waals surface area contributed by atoms with Gasteiger partial charge in [-0.15, -0.1) is 5.10 Å². The number of halogens is 2. The van der Waals surface area contributed by atoms with Gasteiger partial charge in [-0.2, -0.15) is 8.42 Å². The van der Waals surface area contributed by atoms with Gasteiger partial charge >= 0.3 is 10.1 Å². The van der Waals surface area contributed by atoms with Gasteiger partial charge in [-0.3, -0.25) is 0 Å². The number of hydrogen-bond acceptors (Lipinski definition) is 6. The molecule has 0 aliphatic rings. The van der Waals surface area contributed by atoms with Crippen LogP contribution in [0.25, 0.3) is 5.69 Å². The molecule has 0 bridgehead atoms. The molecule has 1 aromatic heterocycles. The Morgan fingerprint density at radius 3 is 2.57 bits per heavy atom. The molecule has 0 aliphatic heterocycles. The quantitative estimate of drug-likeness (QED) is 0.656.